The smallest absolute Gasteiger partial charge is 0.361 e. The van der Waals surface area contributed by atoms with Gasteiger partial charge in [-0.3, -0.25) is 8.98 Å². The molecule has 1 aromatic carbocycles. The molecule has 0 radical (unpaired) electrons. The molecule has 0 N–H and O–H groups in total. The maximum atomic E-state index is 12.3. The van der Waals surface area contributed by atoms with Crippen molar-refractivity contribution in [3.63, 3.8) is 0 Å². The summed E-state index contributed by atoms with van der Waals surface area (Å²) in [6.45, 7) is -0.0434. The van der Waals surface area contributed by atoms with Crippen LogP contribution in [-0.2, 0) is 14.3 Å². The van der Waals surface area contributed by atoms with Gasteiger partial charge in [-0.05, 0) is 12.1 Å². The fourth-order valence-electron chi connectivity index (χ4n) is 1.86. The quantitative estimate of drug-likeness (QED) is 0.298. The lowest BCUT2D eigenvalue weighted by Gasteiger charge is -2.13. The van der Waals surface area contributed by atoms with E-state index in [9.17, 15) is 13.2 Å². The van der Waals surface area contributed by atoms with Gasteiger partial charge in [0.2, 0.25) is 0 Å². The molecule has 0 bridgehead atoms. The molecule has 0 aromatic heterocycles. The molecule has 1 aromatic rings. The molecule has 2 rings (SSSR count). The van der Waals surface area contributed by atoms with Crippen molar-refractivity contribution < 1.29 is 22.2 Å². The Balaban J connectivity index is 2.45. The summed E-state index contributed by atoms with van der Waals surface area (Å²) in [6, 6.07) is 4.28. The Morgan fingerprint density at radius 1 is 1.32 bits per heavy atom. The van der Waals surface area contributed by atoms with Crippen molar-refractivity contribution in [1.29, 1.82) is 0 Å². The highest BCUT2D eigenvalue weighted by molar-refractivity contribution is 9.12. The Morgan fingerprint density at radius 2 is 2.05 bits per heavy atom. The lowest BCUT2D eigenvalue weighted by atomic mass is 9.95. The Hall–Kier alpha value is -1.12. The number of fused-ring (bicyclic) bond motifs is 1. The second-order valence-electron chi connectivity index (χ2n) is 4.36. The fraction of sp³-hybridized carbons (Fsp3) is 0.231. The molecule has 0 heterocycles. The number of rotatable bonds is 5. The molecule has 0 spiro atoms. The average Bonchev–Trinajstić information content (AvgIpc) is 2.52. The first-order valence-electron chi connectivity index (χ1n) is 6.08. The van der Waals surface area contributed by atoms with Crippen LogP contribution in [0, 0.1) is 0 Å². The normalized spacial score (nSPS) is 15.4. The van der Waals surface area contributed by atoms with Gasteiger partial charge in [0.05, 0.1) is 6.61 Å². The maximum absolute atomic E-state index is 12.3. The molecule has 0 saturated carbocycles. The first-order valence-corrected chi connectivity index (χ1v) is 9.52. The third-order valence-corrected chi connectivity index (χ3v) is 6.48. The number of Topliss-reactive ketones (excluding diaryl/α,β-unsaturated/α-hetero) is 1. The van der Waals surface area contributed by atoms with Gasteiger partial charge in [-0.1, -0.05) is 44.0 Å². The standard InChI is InChI=1S/C13H10Br2N2O4S/c14-6-8(15)7-21-22(19,20)12-3-1-2-10-9(12)4-5-11(17-16)13(10)18/h1-5,8H,6-7H2. The summed E-state index contributed by atoms with van der Waals surface area (Å²) >= 11 is 6.46. The topological polar surface area (TPSA) is 96.8 Å². The summed E-state index contributed by atoms with van der Waals surface area (Å²) in [6.07, 6.45) is 2.67. The Labute approximate surface area is 144 Å². The van der Waals surface area contributed by atoms with E-state index >= 15 is 0 Å². The number of hydrogen-bond donors (Lipinski definition) is 0. The number of halogens is 2. The Bertz CT molecular complexity index is 798. The summed E-state index contributed by atoms with van der Waals surface area (Å²) in [5.74, 6) is -0.545. The molecule has 0 aliphatic heterocycles. The summed E-state index contributed by atoms with van der Waals surface area (Å²) < 4.78 is 29.6. The fourth-order valence-corrected chi connectivity index (χ4v) is 3.52. The van der Waals surface area contributed by atoms with Crippen LogP contribution in [0.4, 0.5) is 0 Å². The van der Waals surface area contributed by atoms with Gasteiger partial charge in [0.15, 0.2) is 0 Å². The minimum Gasteiger partial charge on any atom is -0.361 e. The number of nitrogens with zero attached hydrogens (tertiary/aromatic N) is 2. The summed E-state index contributed by atoms with van der Waals surface area (Å²) in [5, 5.41) is 0.532. The molecule has 1 aliphatic carbocycles. The van der Waals surface area contributed by atoms with E-state index in [0.717, 1.165) is 0 Å². The second-order valence-corrected chi connectivity index (χ2v) is 7.88. The van der Waals surface area contributed by atoms with Crippen molar-refractivity contribution >= 4 is 59.5 Å². The van der Waals surface area contributed by atoms with Gasteiger partial charge in [0, 0.05) is 27.4 Å². The number of hydrogen-bond acceptors (Lipinski definition) is 4. The van der Waals surface area contributed by atoms with Gasteiger partial charge < -0.3 is 5.53 Å². The lowest BCUT2D eigenvalue weighted by Crippen LogP contribution is -2.21. The predicted molar refractivity (Wildman–Crippen MR) is 88.1 cm³/mol. The minimum atomic E-state index is -4.01. The van der Waals surface area contributed by atoms with Crippen LogP contribution in [0.3, 0.4) is 0 Å². The molecule has 6 nitrogen and oxygen atoms in total. The number of benzene rings is 1. The zero-order chi connectivity index (χ0) is 16.3. The minimum absolute atomic E-state index is 0.0434. The van der Waals surface area contributed by atoms with Gasteiger partial charge in [-0.25, -0.2) is 0 Å². The van der Waals surface area contributed by atoms with Crippen molar-refractivity contribution in [3.05, 3.63) is 40.9 Å². The first-order chi connectivity index (χ1) is 10.4. The molecule has 1 atom stereocenters. The summed E-state index contributed by atoms with van der Waals surface area (Å²) in [7, 11) is -4.01. The van der Waals surface area contributed by atoms with Crippen LogP contribution in [-0.4, -0.2) is 41.5 Å². The van der Waals surface area contributed by atoms with Crippen LogP contribution >= 0.6 is 31.9 Å². The lowest BCUT2D eigenvalue weighted by molar-refractivity contribution is -0.00436. The van der Waals surface area contributed by atoms with E-state index in [2.05, 4.69) is 36.6 Å². The average molecular weight is 450 g/mol. The van der Waals surface area contributed by atoms with Crippen LogP contribution in [0.2, 0.25) is 0 Å². The molecular formula is C13H10Br2N2O4S. The molecule has 116 valence electrons. The number of allylic oxidation sites excluding steroid dienone is 1. The van der Waals surface area contributed by atoms with Gasteiger partial charge >= 0.3 is 5.71 Å². The van der Waals surface area contributed by atoms with Crippen molar-refractivity contribution in [2.75, 3.05) is 11.9 Å². The van der Waals surface area contributed by atoms with Gasteiger partial charge in [0.1, 0.15) is 4.90 Å². The molecule has 22 heavy (non-hydrogen) atoms. The van der Waals surface area contributed by atoms with Gasteiger partial charge in [-0.15, -0.1) is 0 Å². The SMILES string of the molecule is [N-]=[N+]=C1C=Cc2c(cccc2S(=O)(=O)OCC(Br)CBr)C1=O. The molecule has 0 amide bonds. The zero-order valence-electron chi connectivity index (χ0n) is 11.1. The Morgan fingerprint density at radius 3 is 2.68 bits per heavy atom. The zero-order valence-corrected chi connectivity index (χ0v) is 15.1. The van der Waals surface area contributed by atoms with Crippen LogP contribution < -0.4 is 0 Å². The highest BCUT2D eigenvalue weighted by atomic mass is 79.9. The van der Waals surface area contributed by atoms with Crippen molar-refractivity contribution in [2.24, 2.45) is 0 Å². The van der Waals surface area contributed by atoms with E-state index in [1.807, 2.05) is 0 Å². The van der Waals surface area contributed by atoms with E-state index in [0.29, 0.717) is 5.33 Å². The van der Waals surface area contributed by atoms with E-state index in [-0.39, 0.29) is 33.2 Å². The second kappa shape index (κ2) is 6.97. The summed E-state index contributed by atoms with van der Waals surface area (Å²) in [5.41, 5.74) is 8.98. The van der Waals surface area contributed by atoms with E-state index in [1.165, 1.54) is 30.4 Å². The van der Waals surface area contributed by atoms with E-state index in [1.54, 1.807) is 0 Å². The van der Waals surface area contributed by atoms with Crippen LogP contribution in [0.15, 0.2) is 29.2 Å². The number of carbonyl (C=O) groups excluding carboxylic acids is 1. The number of ketones is 1. The van der Waals surface area contributed by atoms with Gasteiger partial charge in [0.25, 0.3) is 15.9 Å². The number of alkyl halides is 2. The van der Waals surface area contributed by atoms with Crippen molar-refractivity contribution in [1.82, 2.24) is 0 Å². The molecule has 0 saturated heterocycles. The molecule has 0 fully saturated rings. The summed E-state index contributed by atoms with van der Waals surface area (Å²) in [4.78, 5) is 14.7. The van der Waals surface area contributed by atoms with Crippen LogP contribution in [0.1, 0.15) is 15.9 Å². The highest BCUT2D eigenvalue weighted by Crippen LogP contribution is 2.27. The number of carbonyl (C=O) groups is 1. The van der Waals surface area contributed by atoms with Crippen LogP contribution in [0.5, 0.6) is 0 Å². The maximum Gasteiger partial charge on any atom is 0.362 e. The van der Waals surface area contributed by atoms with Crippen molar-refractivity contribution in [3.8, 4) is 0 Å². The van der Waals surface area contributed by atoms with E-state index in [4.69, 9.17) is 9.71 Å². The van der Waals surface area contributed by atoms with Crippen LogP contribution in [0.25, 0.3) is 11.6 Å². The van der Waals surface area contributed by atoms with E-state index < -0.39 is 15.9 Å². The first kappa shape index (κ1) is 17.2. The highest BCUT2D eigenvalue weighted by Gasteiger charge is 2.30. The third kappa shape index (κ3) is 3.44. The van der Waals surface area contributed by atoms with Crippen molar-refractivity contribution in [2.45, 2.75) is 9.72 Å². The molecule has 9 heteroatoms. The van der Waals surface area contributed by atoms with Gasteiger partial charge in [-0.2, -0.15) is 13.2 Å². The third-order valence-electron chi connectivity index (χ3n) is 2.90. The molecule has 1 aliphatic rings. The largest absolute Gasteiger partial charge is 0.362 e. The molecular weight excluding hydrogens is 440 g/mol. The molecule has 1 unspecified atom stereocenters. The monoisotopic (exact) mass is 448 g/mol. The predicted octanol–water partition coefficient (Wildman–Crippen LogP) is 2.43. The Kier molecular flexibility index (Phi) is 5.46.